The molecule has 192 valence electrons. The molecule has 0 spiro atoms. The van der Waals surface area contributed by atoms with E-state index in [-0.39, 0.29) is 10.8 Å². The highest BCUT2D eigenvalue weighted by Crippen LogP contribution is 2.40. The Morgan fingerprint density at radius 2 is 1.86 bits per heavy atom. The first-order chi connectivity index (χ1) is 17.0. The Morgan fingerprint density at radius 3 is 2.47 bits per heavy atom. The molecule has 0 bridgehead atoms. The molecule has 2 aromatic carbocycles. The third-order valence-electron chi connectivity index (χ3n) is 5.96. The lowest BCUT2D eigenvalue weighted by atomic mass is 10.0. The third-order valence-corrected chi connectivity index (χ3v) is 6.36. The summed E-state index contributed by atoms with van der Waals surface area (Å²) in [4.78, 5) is 18.9. The van der Waals surface area contributed by atoms with E-state index in [4.69, 9.17) is 23.5 Å². The maximum atomic E-state index is 13.5. The number of benzene rings is 2. The van der Waals surface area contributed by atoms with Crippen LogP contribution in [0.4, 0.5) is 24.5 Å². The van der Waals surface area contributed by atoms with Gasteiger partial charge in [-0.25, -0.2) is 4.85 Å². The fourth-order valence-corrected chi connectivity index (χ4v) is 4.46. The van der Waals surface area contributed by atoms with Crippen LogP contribution in [0.2, 0.25) is 0 Å². The van der Waals surface area contributed by atoms with E-state index >= 15 is 0 Å². The summed E-state index contributed by atoms with van der Waals surface area (Å²) in [5, 5.41) is 3.47. The molecule has 1 amide bonds. The summed E-state index contributed by atoms with van der Waals surface area (Å²) in [7, 11) is 0. The molecule has 0 radical (unpaired) electrons. The number of anilines is 1. The van der Waals surface area contributed by atoms with E-state index in [9.17, 15) is 18.0 Å². The summed E-state index contributed by atoms with van der Waals surface area (Å²) in [6.45, 7) is 15.0. The van der Waals surface area contributed by atoms with Crippen molar-refractivity contribution in [1.82, 2.24) is 10.2 Å². The smallest absolute Gasteiger partial charge is 0.407 e. The molecule has 0 saturated carbocycles. The van der Waals surface area contributed by atoms with Gasteiger partial charge in [-0.2, -0.15) is 13.2 Å². The standard InChI is InChI=1S/C26H29F3N4O2S/c1-5-13-31-17-18-7-10-20(11-8-18)35-15-6-14-32-24(36)33(23(34)25(32,2)3)19-9-12-22(30-4)21(16-19)26(27,28)29/h7-12,16,31H,5-6,13-15,17H2,1-3H3. The first kappa shape index (κ1) is 27.4. The van der Waals surface area contributed by atoms with E-state index in [1.54, 1.807) is 18.7 Å². The van der Waals surface area contributed by atoms with Crippen LogP contribution in [-0.2, 0) is 17.5 Å². The van der Waals surface area contributed by atoms with Gasteiger partial charge in [-0.3, -0.25) is 9.69 Å². The van der Waals surface area contributed by atoms with Gasteiger partial charge in [0.25, 0.3) is 5.91 Å². The molecule has 36 heavy (non-hydrogen) atoms. The number of carbonyl (C=O) groups is 1. The average molecular weight is 519 g/mol. The van der Waals surface area contributed by atoms with Crippen LogP contribution in [0.25, 0.3) is 4.85 Å². The second kappa shape index (κ2) is 11.3. The lowest BCUT2D eigenvalue weighted by Gasteiger charge is -2.29. The normalized spacial score (nSPS) is 15.4. The zero-order valence-electron chi connectivity index (χ0n) is 20.5. The topological polar surface area (TPSA) is 49.2 Å². The van der Waals surface area contributed by atoms with E-state index in [0.29, 0.717) is 19.6 Å². The molecule has 0 atom stereocenters. The lowest BCUT2D eigenvalue weighted by molar-refractivity contribution is -0.136. The largest absolute Gasteiger partial charge is 0.494 e. The second-order valence-corrected chi connectivity index (χ2v) is 9.33. The highest BCUT2D eigenvalue weighted by Gasteiger charge is 2.49. The van der Waals surface area contributed by atoms with Gasteiger partial charge in [0, 0.05) is 18.8 Å². The molecule has 6 nitrogen and oxygen atoms in total. The predicted molar refractivity (Wildman–Crippen MR) is 137 cm³/mol. The van der Waals surface area contributed by atoms with Crippen molar-refractivity contribution >= 4 is 34.6 Å². The number of halogens is 3. The highest BCUT2D eigenvalue weighted by atomic mass is 32.1. The SMILES string of the molecule is [C-]#[N+]c1ccc(N2C(=O)C(C)(C)N(CCCOc3ccc(CNCCC)cc3)C2=S)cc1C(F)(F)F. The van der Waals surface area contributed by atoms with Crippen LogP contribution in [0.3, 0.4) is 0 Å². The number of alkyl halides is 3. The molecule has 1 aliphatic heterocycles. The molecular weight excluding hydrogens is 489 g/mol. The van der Waals surface area contributed by atoms with Crippen molar-refractivity contribution < 1.29 is 22.7 Å². The van der Waals surface area contributed by atoms with Crippen LogP contribution in [0.1, 0.15) is 44.7 Å². The first-order valence-electron chi connectivity index (χ1n) is 11.7. The van der Waals surface area contributed by atoms with Crippen LogP contribution in [0.15, 0.2) is 42.5 Å². The van der Waals surface area contributed by atoms with Crippen molar-refractivity contribution in [2.24, 2.45) is 0 Å². The van der Waals surface area contributed by atoms with Crippen molar-refractivity contribution in [3.63, 3.8) is 0 Å². The van der Waals surface area contributed by atoms with Gasteiger partial charge < -0.3 is 15.0 Å². The van der Waals surface area contributed by atoms with E-state index < -0.39 is 28.9 Å². The first-order valence-corrected chi connectivity index (χ1v) is 12.1. The molecule has 3 rings (SSSR count). The zero-order chi connectivity index (χ0) is 26.5. The second-order valence-electron chi connectivity index (χ2n) is 8.97. The summed E-state index contributed by atoms with van der Waals surface area (Å²) >= 11 is 5.51. The summed E-state index contributed by atoms with van der Waals surface area (Å²) < 4.78 is 46.2. The Morgan fingerprint density at radius 1 is 1.17 bits per heavy atom. The minimum Gasteiger partial charge on any atom is -0.494 e. The molecule has 0 unspecified atom stereocenters. The Labute approximate surface area is 214 Å². The highest BCUT2D eigenvalue weighted by molar-refractivity contribution is 7.80. The van der Waals surface area contributed by atoms with Crippen LogP contribution < -0.4 is 15.0 Å². The van der Waals surface area contributed by atoms with Crippen LogP contribution >= 0.6 is 12.2 Å². The van der Waals surface area contributed by atoms with Crippen LogP contribution in [-0.4, -0.2) is 41.2 Å². The van der Waals surface area contributed by atoms with Gasteiger partial charge in [-0.1, -0.05) is 25.1 Å². The van der Waals surface area contributed by atoms with Gasteiger partial charge in [-0.05, 0) is 75.3 Å². The molecule has 1 saturated heterocycles. The number of nitrogens with one attached hydrogen (secondary N) is 1. The molecular formula is C26H29F3N4O2S. The molecule has 1 N–H and O–H groups in total. The van der Waals surface area contributed by atoms with Crippen molar-refractivity contribution in [2.45, 2.75) is 51.9 Å². The Hall–Kier alpha value is -3.16. The molecule has 1 aliphatic rings. The molecule has 0 aromatic heterocycles. The molecule has 2 aromatic rings. The third kappa shape index (κ3) is 5.97. The van der Waals surface area contributed by atoms with E-state index in [1.165, 1.54) is 6.07 Å². The van der Waals surface area contributed by atoms with Crippen molar-refractivity contribution in [3.8, 4) is 5.75 Å². The van der Waals surface area contributed by atoms with Gasteiger partial charge in [0.1, 0.15) is 11.3 Å². The van der Waals surface area contributed by atoms with Gasteiger partial charge in [0.2, 0.25) is 0 Å². The maximum absolute atomic E-state index is 13.5. The fourth-order valence-electron chi connectivity index (χ4n) is 3.95. The lowest BCUT2D eigenvalue weighted by Crippen LogP contribution is -2.44. The van der Waals surface area contributed by atoms with Crippen molar-refractivity contribution in [2.75, 3.05) is 24.6 Å². The Kier molecular flexibility index (Phi) is 8.59. The summed E-state index contributed by atoms with van der Waals surface area (Å²) in [6.07, 6.45) is -3.10. The monoisotopic (exact) mass is 518 g/mol. The molecule has 0 aliphatic carbocycles. The number of hydrogen-bond acceptors (Lipinski definition) is 4. The van der Waals surface area contributed by atoms with Gasteiger partial charge in [0.05, 0.1) is 18.7 Å². The summed E-state index contributed by atoms with van der Waals surface area (Å²) in [5.74, 6) is 0.305. The maximum Gasteiger partial charge on any atom is 0.407 e. The summed E-state index contributed by atoms with van der Waals surface area (Å²) in [6, 6.07) is 11.0. The van der Waals surface area contributed by atoms with Crippen LogP contribution in [0.5, 0.6) is 5.75 Å². The van der Waals surface area contributed by atoms with E-state index in [0.717, 1.165) is 47.9 Å². The minimum atomic E-state index is -4.73. The van der Waals surface area contributed by atoms with Crippen molar-refractivity contribution in [1.29, 1.82) is 0 Å². The predicted octanol–water partition coefficient (Wildman–Crippen LogP) is 5.94. The zero-order valence-corrected chi connectivity index (χ0v) is 21.3. The van der Waals surface area contributed by atoms with Crippen LogP contribution in [0, 0.1) is 6.57 Å². The number of hydrogen-bond donors (Lipinski definition) is 1. The van der Waals surface area contributed by atoms with Gasteiger partial charge in [-0.15, -0.1) is 0 Å². The van der Waals surface area contributed by atoms with E-state index in [1.807, 2.05) is 24.3 Å². The average Bonchev–Trinajstić information content (AvgIpc) is 3.00. The van der Waals surface area contributed by atoms with Gasteiger partial charge in [0.15, 0.2) is 10.8 Å². The minimum absolute atomic E-state index is 0.00920. The van der Waals surface area contributed by atoms with Gasteiger partial charge >= 0.3 is 6.18 Å². The Bertz CT molecular complexity index is 1140. The number of amides is 1. The van der Waals surface area contributed by atoms with E-state index in [2.05, 4.69) is 17.1 Å². The quantitative estimate of drug-likeness (QED) is 0.240. The summed E-state index contributed by atoms with van der Waals surface area (Å²) in [5.41, 5.74) is -1.51. The number of rotatable bonds is 10. The Balaban J connectivity index is 1.64. The molecule has 1 fully saturated rings. The fraction of sp³-hybridized carbons (Fsp3) is 0.423. The number of carbonyl (C=O) groups excluding carboxylic acids is 1. The van der Waals surface area contributed by atoms with Crippen molar-refractivity contribution in [3.05, 3.63) is 65.0 Å². The number of thiocarbonyl (C=S) groups is 1. The molecule has 1 heterocycles. The number of ether oxygens (including phenoxy) is 1. The number of nitrogens with zero attached hydrogens (tertiary/aromatic N) is 3. The molecule has 10 heteroatoms.